The minimum absolute atomic E-state index is 0.189. The van der Waals surface area contributed by atoms with Crippen LogP contribution in [-0.4, -0.2) is 28.2 Å². The largest absolute Gasteiger partial charge is 0.506 e. The summed E-state index contributed by atoms with van der Waals surface area (Å²) >= 11 is 0. The second-order valence-corrected chi connectivity index (χ2v) is 6.20. The number of esters is 1. The van der Waals surface area contributed by atoms with Gasteiger partial charge in [-0.2, -0.15) is 0 Å². The van der Waals surface area contributed by atoms with E-state index in [2.05, 4.69) is 11.9 Å². The molecule has 0 radical (unpaired) electrons. The number of aromatic nitrogens is 1. The van der Waals surface area contributed by atoms with Crippen molar-refractivity contribution in [2.75, 3.05) is 11.9 Å². The number of fused-ring (bicyclic) bond motifs is 1. The molecule has 0 aliphatic rings. The van der Waals surface area contributed by atoms with Crippen molar-refractivity contribution in [3.8, 4) is 5.75 Å². The van der Waals surface area contributed by atoms with Gasteiger partial charge < -0.3 is 19.7 Å². The number of carbonyl (C=O) groups is 2. The molecule has 0 fully saturated rings. The zero-order chi connectivity index (χ0) is 21.0. The summed E-state index contributed by atoms with van der Waals surface area (Å²) in [5.74, 6) is -1.60. The van der Waals surface area contributed by atoms with Gasteiger partial charge in [0.1, 0.15) is 11.3 Å². The van der Waals surface area contributed by atoms with Crippen LogP contribution in [0.4, 0.5) is 5.69 Å². The Morgan fingerprint density at radius 2 is 1.86 bits per heavy atom. The summed E-state index contributed by atoms with van der Waals surface area (Å²) in [5, 5.41) is 13.6. The van der Waals surface area contributed by atoms with Gasteiger partial charge in [-0.25, -0.2) is 4.79 Å². The molecule has 29 heavy (non-hydrogen) atoms. The topological polar surface area (TPSA) is 97.6 Å². The molecule has 0 bridgehead atoms. The van der Waals surface area contributed by atoms with Crippen LogP contribution in [-0.2, 0) is 11.3 Å². The lowest BCUT2D eigenvalue weighted by molar-refractivity contribution is 0.0526. The van der Waals surface area contributed by atoms with E-state index in [1.54, 1.807) is 37.3 Å². The lowest BCUT2D eigenvalue weighted by atomic mass is 10.1. The van der Waals surface area contributed by atoms with Gasteiger partial charge in [0.05, 0.1) is 17.7 Å². The quantitative estimate of drug-likeness (QED) is 0.495. The Morgan fingerprint density at radius 1 is 1.17 bits per heavy atom. The van der Waals surface area contributed by atoms with E-state index in [9.17, 15) is 19.5 Å². The third-order valence-electron chi connectivity index (χ3n) is 4.34. The van der Waals surface area contributed by atoms with E-state index in [0.717, 1.165) is 0 Å². The Morgan fingerprint density at radius 3 is 2.52 bits per heavy atom. The first-order valence-corrected chi connectivity index (χ1v) is 9.01. The highest BCUT2D eigenvalue weighted by molar-refractivity contribution is 6.09. The second kappa shape index (κ2) is 8.43. The number of para-hydroxylation sites is 1. The fraction of sp³-hybridized carbons (Fsp3) is 0.136. The molecular formula is C22H20N2O5. The van der Waals surface area contributed by atoms with Gasteiger partial charge in [0.25, 0.3) is 11.5 Å². The minimum Gasteiger partial charge on any atom is -0.506 e. The van der Waals surface area contributed by atoms with E-state index in [-0.39, 0.29) is 24.5 Å². The fourth-order valence-corrected chi connectivity index (χ4v) is 3.00. The summed E-state index contributed by atoms with van der Waals surface area (Å²) in [5.41, 5.74) is 0.226. The normalized spacial score (nSPS) is 10.5. The van der Waals surface area contributed by atoms with Crippen molar-refractivity contribution in [1.82, 2.24) is 4.57 Å². The predicted molar refractivity (Wildman–Crippen MR) is 110 cm³/mol. The number of amides is 1. The summed E-state index contributed by atoms with van der Waals surface area (Å²) in [6.07, 6.45) is 1.54. The van der Waals surface area contributed by atoms with Gasteiger partial charge >= 0.3 is 5.97 Å². The minimum atomic E-state index is -0.750. The molecule has 1 aromatic heterocycles. The van der Waals surface area contributed by atoms with Crippen LogP contribution >= 0.6 is 0 Å². The number of carbonyl (C=O) groups excluding carboxylic acids is 2. The van der Waals surface area contributed by atoms with Gasteiger partial charge in [0.2, 0.25) is 0 Å². The lowest BCUT2D eigenvalue weighted by Crippen LogP contribution is -2.29. The van der Waals surface area contributed by atoms with Crippen LogP contribution in [0.1, 0.15) is 27.6 Å². The summed E-state index contributed by atoms with van der Waals surface area (Å²) < 4.78 is 6.29. The van der Waals surface area contributed by atoms with Gasteiger partial charge in [-0.15, -0.1) is 6.58 Å². The second-order valence-electron chi connectivity index (χ2n) is 6.20. The molecule has 3 rings (SSSR count). The number of pyridine rings is 1. The van der Waals surface area contributed by atoms with Crippen molar-refractivity contribution in [2.45, 2.75) is 13.5 Å². The molecule has 2 N–H and O–H groups in total. The summed E-state index contributed by atoms with van der Waals surface area (Å²) in [4.78, 5) is 37.4. The first-order valence-electron chi connectivity index (χ1n) is 9.01. The Kier molecular flexibility index (Phi) is 5.78. The molecule has 7 nitrogen and oxygen atoms in total. The van der Waals surface area contributed by atoms with Crippen molar-refractivity contribution in [1.29, 1.82) is 0 Å². The Bertz CT molecular complexity index is 1150. The van der Waals surface area contributed by atoms with Gasteiger partial charge in [-0.05, 0) is 43.3 Å². The van der Waals surface area contributed by atoms with Crippen LogP contribution in [0.2, 0.25) is 0 Å². The number of nitrogens with one attached hydrogen (secondary N) is 1. The maximum atomic E-state index is 12.9. The maximum Gasteiger partial charge on any atom is 0.338 e. The Balaban J connectivity index is 1.98. The number of aromatic hydroxyl groups is 1. The molecule has 0 atom stereocenters. The summed E-state index contributed by atoms with van der Waals surface area (Å²) in [6, 6.07) is 12.8. The van der Waals surface area contributed by atoms with Crippen LogP contribution in [0.3, 0.4) is 0 Å². The number of hydrogen-bond donors (Lipinski definition) is 2. The van der Waals surface area contributed by atoms with E-state index in [1.807, 2.05) is 0 Å². The molecule has 1 amide bonds. The highest BCUT2D eigenvalue weighted by atomic mass is 16.5. The van der Waals surface area contributed by atoms with Crippen LogP contribution in [0.25, 0.3) is 10.9 Å². The molecule has 148 valence electrons. The number of hydrogen-bond acceptors (Lipinski definition) is 5. The fourth-order valence-electron chi connectivity index (χ4n) is 3.00. The molecule has 0 aliphatic heterocycles. The number of benzene rings is 2. The van der Waals surface area contributed by atoms with Crippen molar-refractivity contribution < 1.29 is 19.4 Å². The molecule has 2 aromatic carbocycles. The Labute approximate surface area is 166 Å². The number of nitrogens with zero attached hydrogens (tertiary/aromatic N) is 1. The predicted octanol–water partition coefficient (Wildman–Crippen LogP) is 3.32. The monoisotopic (exact) mass is 392 g/mol. The molecule has 1 heterocycles. The molecule has 0 spiro atoms. The first kappa shape index (κ1) is 19.9. The van der Waals surface area contributed by atoms with Crippen LogP contribution in [0.15, 0.2) is 66.0 Å². The van der Waals surface area contributed by atoms with Gasteiger partial charge in [0.15, 0.2) is 0 Å². The zero-order valence-corrected chi connectivity index (χ0v) is 15.8. The number of allylic oxidation sites excluding steroid dienone is 1. The molecular weight excluding hydrogens is 372 g/mol. The number of ether oxygens (including phenoxy) is 1. The van der Waals surface area contributed by atoms with Crippen LogP contribution in [0, 0.1) is 0 Å². The van der Waals surface area contributed by atoms with E-state index in [1.165, 1.54) is 28.8 Å². The van der Waals surface area contributed by atoms with E-state index in [4.69, 9.17) is 4.74 Å². The number of rotatable bonds is 6. The molecule has 0 aliphatic carbocycles. The van der Waals surface area contributed by atoms with Gasteiger partial charge in [0, 0.05) is 17.6 Å². The van der Waals surface area contributed by atoms with E-state index in [0.29, 0.717) is 22.2 Å². The number of anilines is 1. The molecule has 0 unspecified atom stereocenters. The summed E-state index contributed by atoms with van der Waals surface area (Å²) in [7, 11) is 0. The highest BCUT2D eigenvalue weighted by Gasteiger charge is 2.22. The zero-order valence-electron chi connectivity index (χ0n) is 15.8. The smallest absolute Gasteiger partial charge is 0.338 e. The average molecular weight is 392 g/mol. The molecule has 7 heteroatoms. The van der Waals surface area contributed by atoms with E-state index < -0.39 is 17.4 Å². The molecule has 3 aromatic rings. The van der Waals surface area contributed by atoms with Gasteiger partial charge in [-0.1, -0.05) is 18.2 Å². The molecule has 0 saturated carbocycles. The Hall–Kier alpha value is -3.87. The lowest BCUT2D eigenvalue weighted by Gasteiger charge is -2.14. The summed E-state index contributed by atoms with van der Waals surface area (Å²) in [6.45, 7) is 5.80. The first-order chi connectivity index (χ1) is 14.0. The van der Waals surface area contributed by atoms with Gasteiger partial charge in [-0.3, -0.25) is 9.59 Å². The van der Waals surface area contributed by atoms with Crippen molar-refractivity contribution in [2.24, 2.45) is 0 Å². The third-order valence-corrected chi connectivity index (χ3v) is 4.34. The molecule has 0 saturated heterocycles. The van der Waals surface area contributed by atoms with E-state index >= 15 is 0 Å². The standard InChI is InChI=1S/C22H20N2O5/c1-3-13-24-17-8-6-5-7-16(17)19(25)18(21(24)27)20(26)23-15-11-9-14(10-12-15)22(28)29-4-2/h3,5-12,25H,1,4,13H2,2H3,(H,23,26). The van der Waals surface area contributed by atoms with Crippen molar-refractivity contribution in [3.05, 3.63) is 82.7 Å². The van der Waals surface area contributed by atoms with Crippen molar-refractivity contribution >= 4 is 28.5 Å². The third kappa shape index (κ3) is 3.89. The SMILES string of the molecule is C=CCn1c(=O)c(C(=O)Nc2ccc(C(=O)OCC)cc2)c(O)c2ccccc21. The average Bonchev–Trinajstić information content (AvgIpc) is 2.72. The highest BCUT2D eigenvalue weighted by Crippen LogP contribution is 2.27. The van der Waals surface area contributed by atoms with Crippen molar-refractivity contribution in [3.63, 3.8) is 0 Å². The van der Waals surface area contributed by atoms with Crippen LogP contribution < -0.4 is 10.9 Å². The maximum absolute atomic E-state index is 12.9. The van der Waals surface area contributed by atoms with Crippen LogP contribution in [0.5, 0.6) is 5.75 Å².